The van der Waals surface area contributed by atoms with Crippen LogP contribution < -0.4 is 5.73 Å². The fourth-order valence-corrected chi connectivity index (χ4v) is 3.17. The Labute approximate surface area is 108 Å². The molecule has 0 aliphatic carbocycles. The van der Waals surface area contributed by atoms with Crippen LogP contribution in [0.15, 0.2) is 0 Å². The maximum absolute atomic E-state index is 5.99. The third kappa shape index (κ3) is 4.26. The molecule has 0 aromatic heterocycles. The smallest absolute Gasteiger partial charge is 0.0266 e. The third-order valence-corrected chi connectivity index (χ3v) is 4.41. The highest BCUT2D eigenvalue weighted by Crippen LogP contribution is 2.29. The average molecular weight is 240 g/mol. The quantitative estimate of drug-likeness (QED) is 0.821. The lowest BCUT2D eigenvalue weighted by molar-refractivity contribution is 0.106. The minimum atomic E-state index is 0.298. The molecule has 0 aromatic rings. The second kappa shape index (κ2) is 6.19. The molecular weight excluding hydrogens is 208 g/mol. The molecule has 2 N–H and O–H groups in total. The normalized spacial score (nSPS) is 25.9. The summed E-state index contributed by atoms with van der Waals surface area (Å²) in [5, 5.41) is 0. The highest BCUT2D eigenvalue weighted by molar-refractivity contribution is 4.86. The SMILES string of the molecule is CC(C)C1CCCN(C(CN)C(C)(C)C)CC1. The van der Waals surface area contributed by atoms with Crippen molar-refractivity contribution in [2.75, 3.05) is 19.6 Å². The summed E-state index contributed by atoms with van der Waals surface area (Å²) in [6, 6.07) is 0.536. The van der Waals surface area contributed by atoms with Crippen molar-refractivity contribution < 1.29 is 0 Å². The molecule has 0 radical (unpaired) electrons. The van der Waals surface area contributed by atoms with Gasteiger partial charge < -0.3 is 5.73 Å². The molecule has 2 unspecified atom stereocenters. The van der Waals surface area contributed by atoms with Gasteiger partial charge in [0, 0.05) is 12.6 Å². The zero-order valence-corrected chi connectivity index (χ0v) is 12.5. The number of hydrogen-bond donors (Lipinski definition) is 1. The van der Waals surface area contributed by atoms with E-state index in [1.54, 1.807) is 0 Å². The summed E-state index contributed by atoms with van der Waals surface area (Å²) >= 11 is 0. The van der Waals surface area contributed by atoms with Gasteiger partial charge in [-0.05, 0) is 49.6 Å². The second-order valence-corrected chi connectivity index (χ2v) is 7.09. The van der Waals surface area contributed by atoms with Crippen molar-refractivity contribution in [1.82, 2.24) is 4.90 Å². The standard InChI is InChI=1S/C15H32N2/c1-12(2)13-7-6-9-17(10-8-13)14(11-16)15(3,4)5/h12-14H,6-11,16H2,1-5H3. The molecule has 0 amide bonds. The average Bonchev–Trinajstić information content (AvgIpc) is 2.42. The molecule has 1 aliphatic heterocycles. The molecule has 1 fully saturated rings. The van der Waals surface area contributed by atoms with Crippen LogP contribution in [0, 0.1) is 17.3 Å². The van der Waals surface area contributed by atoms with Crippen LogP contribution in [0.25, 0.3) is 0 Å². The predicted molar refractivity (Wildman–Crippen MR) is 76.0 cm³/mol. The Kier molecular flexibility index (Phi) is 5.46. The first-order valence-electron chi connectivity index (χ1n) is 7.30. The van der Waals surface area contributed by atoms with Gasteiger partial charge in [-0.25, -0.2) is 0 Å². The van der Waals surface area contributed by atoms with E-state index in [4.69, 9.17) is 5.73 Å². The lowest BCUT2D eigenvalue weighted by Crippen LogP contribution is -2.49. The van der Waals surface area contributed by atoms with Crippen molar-refractivity contribution in [3.63, 3.8) is 0 Å². The van der Waals surface area contributed by atoms with Crippen molar-refractivity contribution in [2.45, 2.75) is 59.9 Å². The number of hydrogen-bond acceptors (Lipinski definition) is 2. The summed E-state index contributed by atoms with van der Waals surface area (Å²) in [5.41, 5.74) is 6.29. The van der Waals surface area contributed by atoms with Crippen LogP contribution in [0.4, 0.5) is 0 Å². The van der Waals surface area contributed by atoms with Gasteiger partial charge >= 0.3 is 0 Å². The fraction of sp³-hybridized carbons (Fsp3) is 1.00. The summed E-state index contributed by atoms with van der Waals surface area (Å²) in [6.07, 6.45) is 4.09. The summed E-state index contributed by atoms with van der Waals surface area (Å²) in [7, 11) is 0. The summed E-state index contributed by atoms with van der Waals surface area (Å²) in [5.74, 6) is 1.75. The van der Waals surface area contributed by atoms with Gasteiger partial charge in [-0.1, -0.05) is 34.6 Å². The molecule has 2 heteroatoms. The van der Waals surface area contributed by atoms with E-state index in [9.17, 15) is 0 Å². The monoisotopic (exact) mass is 240 g/mol. The van der Waals surface area contributed by atoms with Gasteiger partial charge in [0.2, 0.25) is 0 Å². The molecule has 1 saturated heterocycles. The van der Waals surface area contributed by atoms with E-state index in [2.05, 4.69) is 39.5 Å². The first kappa shape index (κ1) is 15.0. The molecule has 102 valence electrons. The molecule has 2 nitrogen and oxygen atoms in total. The first-order chi connectivity index (χ1) is 7.86. The van der Waals surface area contributed by atoms with Crippen LogP contribution in [0.5, 0.6) is 0 Å². The first-order valence-corrected chi connectivity index (χ1v) is 7.30. The van der Waals surface area contributed by atoms with E-state index in [1.807, 2.05) is 0 Å². The molecule has 1 aliphatic rings. The molecule has 0 aromatic carbocycles. The Morgan fingerprint density at radius 1 is 1.18 bits per heavy atom. The number of nitrogens with zero attached hydrogens (tertiary/aromatic N) is 1. The van der Waals surface area contributed by atoms with Crippen molar-refractivity contribution in [3.05, 3.63) is 0 Å². The van der Waals surface area contributed by atoms with Crippen LogP contribution in [-0.4, -0.2) is 30.6 Å². The predicted octanol–water partition coefficient (Wildman–Crippen LogP) is 3.12. The van der Waals surface area contributed by atoms with E-state index in [0.717, 1.165) is 18.4 Å². The highest BCUT2D eigenvalue weighted by atomic mass is 15.2. The molecular formula is C15H32N2. The Hall–Kier alpha value is -0.0800. The van der Waals surface area contributed by atoms with Gasteiger partial charge in [-0.2, -0.15) is 0 Å². The molecule has 1 rings (SSSR count). The lowest BCUT2D eigenvalue weighted by Gasteiger charge is -2.39. The Morgan fingerprint density at radius 2 is 1.82 bits per heavy atom. The second-order valence-electron chi connectivity index (χ2n) is 7.09. The van der Waals surface area contributed by atoms with Gasteiger partial charge in [0.25, 0.3) is 0 Å². The summed E-state index contributed by atoms with van der Waals surface area (Å²) in [4.78, 5) is 2.64. The Bertz CT molecular complexity index is 217. The van der Waals surface area contributed by atoms with Crippen molar-refractivity contribution >= 4 is 0 Å². The minimum Gasteiger partial charge on any atom is -0.329 e. The van der Waals surface area contributed by atoms with Crippen molar-refractivity contribution in [1.29, 1.82) is 0 Å². The van der Waals surface area contributed by atoms with Crippen molar-refractivity contribution in [3.8, 4) is 0 Å². The van der Waals surface area contributed by atoms with Crippen LogP contribution in [-0.2, 0) is 0 Å². The number of rotatable bonds is 3. The fourth-order valence-electron chi connectivity index (χ4n) is 3.17. The maximum atomic E-state index is 5.99. The molecule has 0 spiro atoms. The van der Waals surface area contributed by atoms with Gasteiger partial charge in [0.1, 0.15) is 0 Å². The molecule has 17 heavy (non-hydrogen) atoms. The maximum Gasteiger partial charge on any atom is 0.0266 e. The van der Waals surface area contributed by atoms with E-state index in [1.165, 1.54) is 32.4 Å². The van der Waals surface area contributed by atoms with E-state index >= 15 is 0 Å². The van der Waals surface area contributed by atoms with Crippen LogP contribution in [0.3, 0.4) is 0 Å². The molecule has 1 heterocycles. The minimum absolute atomic E-state index is 0.298. The van der Waals surface area contributed by atoms with E-state index < -0.39 is 0 Å². The summed E-state index contributed by atoms with van der Waals surface area (Å²) in [6.45, 7) is 14.9. The molecule has 0 bridgehead atoms. The Balaban J connectivity index is 2.61. The largest absolute Gasteiger partial charge is 0.329 e. The van der Waals surface area contributed by atoms with Gasteiger partial charge in [0.15, 0.2) is 0 Å². The van der Waals surface area contributed by atoms with E-state index in [0.29, 0.717) is 11.5 Å². The number of likely N-dealkylation sites (tertiary alicyclic amines) is 1. The van der Waals surface area contributed by atoms with Crippen LogP contribution in [0.1, 0.15) is 53.9 Å². The van der Waals surface area contributed by atoms with Crippen molar-refractivity contribution in [2.24, 2.45) is 23.0 Å². The summed E-state index contributed by atoms with van der Waals surface area (Å²) < 4.78 is 0. The van der Waals surface area contributed by atoms with Gasteiger partial charge in [-0.15, -0.1) is 0 Å². The zero-order chi connectivity index (χ0) is 13.1. The highest BCUT2D eigenvalue weighted by Gasteiger charge is 2.30. The Morgan fingerprint density at radius 3 is 2.29 bits per heavy atom. The topological polar surface area (TPSA) is 29.3 Å². The van der Waals surface area contributed by atoms with Gasteiger partial charge in [0.05, 0.1) is 0 Å². The lowest BCUT2D eigenvalue weighted by atomic mass is 9.85. The van der Waals surface area contributed by atoms with Crippen LogP contribution >= 0.6 is 0 Å². The molecule has 2 atom stereocenters. The van der Waals surface area contributed by atoms with Gasteiger partial charge in [-0.3, -0.25) is 4.90 Å². The van der Waals surface area contributed by atoms with Crippen LogP contribution in [0.2, 0.25) is 0 Å². The van der Waals surface area contributed by atoms with E-state index in [-0.39, 0.29) is 0 Å². The zero-order valence-electron chi connectivity index (χ0n) is 12.5. The number of nitrogens with two attached hydrogens (primary N) is 1. The third-order valence-electron chi connectivity index (χ3n) is 4.41. The molecule has 0 saturated carbocycles.